The number of nitrogens with one attached hydrogen (secondary N) is 1. The number of amides is 1. The molecule has 0 bridgehead atoms. The molecule has 5 heteroatoms. The molecule has 0 saturated heterocycles. The third-order valence-corrected chi connectivity index (χ3v) is 2.92. The van der Waals surface area contributed by atoms with Crippen molar-refractivity contribution in [1.29, 1.82) is 5.26 Å². The molecule has 0 unspecified atom stereocenters. The molecule has 0 aliphatic rings. The largest absolute Gasteiger partial charge is 0.322 e. The van der Waals surface area contributed by atoms with Gasteiger partial charge in [-0.3, -0.25) is 4.79 Å². The molecule has 96 valence electrons. The summed E-state index contributed by atoms with van der Waals surface area (Å²) in [6.45, 7) is 0. The zero-order valence-electron chi connectivity index (χ0n) is 10.4. The fraction of sp³-hybridized carbons (Fsp3) is 0. The van der Waals surface area contributed by atoms with E-state index in [0.29, 0.717) is 16.8 Å². The predicted molar refractivity (Wildman–Crippen MR) is 74.3 cm³/mol. The van der Waals surface area contributed by atoms with Gasteiger partial charge >= 0.3 is 0 Å². The molecule has 1 N–H and O–H groups in total. The van der Waals surface area contributed by atoms with E-state index >= 15 is 0 Å². The summed E-state index contributed by atoms with van der Waals surface area (Å²) in [6.07, 6.45) is 3.31. The topological polar surface area (TPSA) is 70.2 Å². The van der Waals surface area contributed by atoms with E-state index in [1.165, 1.54) is 6.20 Å². The predicted octanol–water partition coefficient (Wildman–Crippen LogP) is 2.46. The van der Waals surface area contributed by atoms with Crippen LogP contribution < -0.4 is 5.32 Å². The van der Waals surface area contributed by atoms with Crippen LogP contribution in [0.4, 0.5) is 5.69 Å². The van der Waals surface area contributed by atoms with Gasteiger partial charge in [0.2, 0.25) is 0 Å². The van der Waals surface area contributed by atoms with Gasteiger partial charge in [-0.05, 0) is 30.3 Å². The summed E-state index contributed by atoms with van der Waals surface area (Å²) in [5.41, 5.74) is 2.32. The van der Waals surface area contributed by atoms with Gasteiger partial charge in [0.15, 0.2) is 0 Å². The second-order valence-electron chi connectivity index (χ2n) is 4.24. The highest BCUT2D eigenvalue weighted by Gasteiger charge is 2.12. The lowest BCUT2D eigenvalue weighted by Crippen LogP contribution is -2.11. The van der Waals surface area contributed by atoms with Crippen molar-refractivity contribution in [1.82, 2.24) is 9.61 Å². The number of anilines is 1. The number of hydrogen-bond acceptors (Lipinski definition) is 3. The Labute approximate surface area is 115 Å². The van der Waals surface area contributed by atoms with Crippen LogP contribution in [0.5, 0.6) is 0 Å². The van der Waals surface area contributed by atoms with E-state index in [4.69, 9.17) is 5.26 Å². The summed E-state index contributed by atoms with van der Waals surface area (Å²) in [4.78, 5) is 12.2. The first-order valence-electron chi connectivity index (χ1n) is 6.02. The van der Waals surface area contributed by atoms with Crippen LogP contribution in [0.1, 0.15) is 15.9 Å². The van der Waals surface area contributed by atoms with E-state index in [1.54, 1.807) is 35.0 Å². The van der Waals surface area contributed by atoms with E-state index in [9.17, 15) is 4.79 Å². The minimum atomic E-state index is -0.249. The summed E-state index contributed by atoms with van der Waals surface area (Å²) in [7, 11) is 0. The van der Waals surface area contributed by atoms with Crippen LogP contribution in [0, 0.1) is 11.3 Å². The van der Waals surface area contributed by atoms with Gasteiger partial charge in [-0.25, -0.2) is 4.52 Å². The number of benzene rings is 1. The number of rotatable bonds is 2. The van der Waals surface area contributed by atoms with E-state index < -0.39 is 0 Å². The summed E-state index contributed by atoms with van der Waals surface area (Å²) in [6, 6.07) is 14.3. The number of carbonyl (C=O) groups excluding carboxylic acids is 1. The molecule has 1 aromatic carbocycles. The normalized spacial score (nSPS) is 10.2. The Bertz CT molecular complexity index is 829. The number of hydrogen-bond donors (Lipinski definition) is 1. The average molecular weight is 262 g/mol. The van der Waals surface area contributed by atoms with Crippen LogP contribution in [-0.2, 0) is 0 Å². The molecule has 3 rings (SSSR count). The minimum absolute atomic E-state index is 0.249. The molecule has 2 aromatic heterocycles. The van der Waals surface area contributed by atoms with Gasteiger partial charge < -0.3 is 5.32 Å². The number of pyridine rings is 1. The zero-order valence-corrected chi connectivity index (χ0v) is 10.4. The Balaban J connectivity index is 1.91. The molecule has 0 aliphatic heterocycles. The van der Waals surface area contributed by atoms with Crippen LogP contribution in [0.25, 0.3) is 5.52 Å². The van der Waals surface area contributed by atoms with E-state index in [1.807, 2.05) is 24.3 Å². The van der Waals surface area contributed by atoms with Crippen LogP contribution in [0.3, 0.4) is 0 Å². The quantitative estimate of drug-likeness (QED) is 0.771. The second kappa shape index (κ2) is 4.86. The van der Waals surface area contributed by atoms with Gasteiger partial charge in [-0.1, -0.05) is 12.1 Å². The molecule has 1 amide bonds. The molecule has 5 nitrogen and oxygen atoms in total. The first kappa shape index (κ1) is 11.9. The molecule has 20 heavy (non-hydrogen) atoms. The summed E-state index contributed by atoms with van der Waals surface area (Å²) >= 11 is 0. The van der Waals surface area contributed by atoms with Crippen molar-refractivity contribution in [2.75, 3.05) is 5.32 Å². The summed E-state index contributed by atoms with van der Waals surface area (Å²) in [5.74, 6) is -0.249. The fourth-order valence-corrected chi connectivity index (χ4v) is 1.97. The Morgan fingerprint density at radius 2 is 2.15 bits per heavy atom. The zero-order chi connectivity index (χ0) is 13.9. The highest BCUT2D eigenvalue weighted by molar-refractivity contribution is 6.08. The molecule has 0 radical (unpaired) electrons. The molecule has 2 heterocycles. The maximum atomic E-state index is 12.2. The van der Waals surface area contributed by atoms with Gasteiger partial charge in [-0.15, -0.1) is 0 Å². The van der Waals surface area contributed by atoms with Crippen molar-refractivity contribution in [2.45, 2.75) is 0 Å². The maximum absolute atomic E-state index is 12.2. The monoisotopic (exact) mass is 262 g/mol. The highest BCUT2D eigenvalue weighted by Crippen LogP contribution is 2.14. The van der Waals surface area contributed by atoms with Gasteiger partial charge in [0, 0.05) is 11.9 Å². The number of carbonyl (C=O) groups is 1. The number of fused-ring (bicyclic) bond motifs is 1. The highest BCUT2D eigenvalue weighted by atomic mass is 16.1. The Kier molecular flexibility index (Phi) is 2.90. The van der Waals surface area contributed by atoms with Crippen molar-refractivity contribution in [2.24, 2.45) is 0 Å². The first-order chi connectivity index (χ1) is 9.78. The van der Waals surface area contributed by atoms with Crippen LogP contribution in [0.15, 0.2) is 54.9 Å². The second-order valence-corrected chi connectivity index (χ2v) is 4.24. The summed E-state index contributed by atoms with van der Waals surface area (Å²) in [5, 5.41) is 15.7. The lowest BCUT2D eigenvalue weighted by Gasteiger charge is -2.04. The first-order valence-corrected chi connectivity index (χ1v) is 6.02. The lowest BCUT2D eigenvalue weighted by molar-refractivity contribution is 0.102. The lowest BCUT2D eigenvalue weighted by atomic mass is 10.2. The molecule has 0 saturated carbocycles. The third-order valence-electron chi connectivity index (χ3n) is 2.92. The Morgan fingerprint density at radius 3 is 3.00 bits per heavy atom. The average Bonchev–Trinajstić information content (AvgIpc) is 2.91. The van der Waals surface area contributed by atoms with Crippen LogP contribution in [0.2, 0.25) is 0 Å². The van der Waals surface area contributed by atoms with Crippen molar-refractivity contribution >= 4 is 17.1 Å². The fourth-order valence-electron chi connectivity index (χ4n) is 1.97. The van der Waals surface area contributed by atoms with Crippen molar-refractivity contribution in [3.05, 3.63) is 66.0 Å². The minimum Gasteiger partial charge on any atom is -0.322 e. The van der Waals surface area contributed by atoms with Crippen LogP contribution >= 0.6 is 0 Å². The van der Waals surface area contributed by atoms with Crippen molar-refractivity contribution in [3.63, 3.8) is 0 Å². The molecule has 0 aliphatic carbocycles. The SMILES string of the molecule is N#Cc1cccc(NC(=O)c2cnn3ccccc23)c1. The van der Waals surface area contributed by atoms with Gasteiger partial charge in [0.25, 0.3) is 5.91 Å². The number of nitrogens with zero attached hydrogens (tertiary/aromatic N) is 3. The third kappa shape index (κ3) is 2.10. The van der Waals surface area contributed by atoms with Crippen LogP contribution in [-0.4, -0.2) is 15.5 Å². The number of nitriles is 1. The van der Waals surface area contributed by atoms with Gasteiger partial charge in [-0.2, -0.15) is 10.4 Å². The molecule has 0 spiro atoms. The van der Waals surface area contributed by atoms with Crippen molar-refractivity contribution in [3.8, 4) is 6.07 Å². The maximum Gasteiger partial charge on any atom is 0.259 e. The molecule has 3 aromatic rings. The number of aromatic nitrogens is 2. The Morgan fingerprint density at radius 1 is 1.25 bits per heavy atom. The standard InChI is InChI=1S/C15H10N4O/c16-9-11-4-3-5-12(8-11)18-15(20)13-10-17-19-7-2-1-6-14(13)19/h1-8,10H,(H,18,20). The molecular formula is C15H10N4O. The molecule has 0 atom stereocenters. The summed E-state index contributed by atoms with van der Waals surface area (Å²) < 4.78 is 1.64. The van der Waals surface area contributed by atoms with Gasteiger partial charge in [0.05, 0.1) is 28.9 Å². The van der Waals surface area contributed by atoms with Gasteiger partial charge in [0.1, 0.15) is 0 Å². The molecular weight excluding hydrogens is 252 g/mol. The van der Waals surface area contributed by atoms with E-state index in [2.05, 4.69) is 10.4 Å². The Hall–Kier alpha value is -3.13. The van der Waals surface area contributed by atoms with Crippen molar-refractivity contribution < 1.29 is 4.79 Å². The van der Waals surface area contributed by atoms with E-state index in [-0.39, 0.29) is 5.91 Å². The molecule has 0 fully saturated rings. The van der Waals surface area contributed by atoms with E-state index in [0.717, 1.165) is 5.52 Å². The smallest absolute Gasteiger partial charge is 0.259 e.